The number of fused-ring (bicyclic) bond motifs is 5. The molecule has 4 unspecified atom stereocenters. The van der Waals surface area contributed by atoms with Crippen molar-refractivity contribution >= 4 is 27.9 Å². The van der Waals surface area contributed by atoms with Crippen LogP contribution in [-0.2, 0) is 0 Å². The molecule has 4 atom stereocenters. The highest BCUT2D eigenvalue weighted by Gasteiger charge is 2.65. The van der Waals surface area contributed by atoms with Crippen LogP contribution in [0.2, 0.25) is 0 Å². The number of amides is 1. The molecule has 5 nitrogen and oxygen atoms in total. The van der Waals surface area contributed by atoms with Crippen molar-refractivity contribution in [2.75, 3.05) is 18.2 Å². The third-order valence-electron chi connectivity index (χ3n) is 5.36. The first kappa shape index (κ1) is 12.3. The van der Waals surface area contributed by atoms with Gasteiger partial charge < -0.3 is 21.5 Å². The van der Waals surface area contributed by atoms with E-state index < -0.39 is 5.91 Å². The van der Waals surface area contributed by atoms with Gasteiger partial charge in [-0.15, -0.1) is 11.3 Å². The van der Waals surface area contributed by atoms with Crippen LogP contribution in [0.4, 0.5) is 10.7 Å². The van der Waals surface area contributed by atoms with Gasteiger partial charge in [0.15, 0.2) is 5.75 Å². The summed E-state index contributed by atoms with van der Waals surface area (Å²) < 4.78 is 5.34. The van der Waals surface area contributed by atoms with Crippen LogP contribution < -0.4 is 21.5 Å². The third kappa shape index (κ3) is 1.51. The summed E-state index contributed by atoms with van der Waals surface area (Å²) in [5.41, 5.74) is 11.7. The number of carbonyl (C=O) groups excluding carboxylic acids is 1. The summed E-state index contributed by atoms with van der Waals surface area (Å²) in [6.45, 7) is 0. The molecule has 0 radical (unpaired) electrons. The summed E-state index contributed by atoms with van der Waals surface area (Å²) in [7, 11) is 1.58. The predicted molar refractivity (Wildman–Crippen MR) is 79.0 cm³/mol. The molecule has 3 fully saturated rings. The van der Waals surface area contributed by atoms with Gasteiger partial charge in [0.1, 0.15) is 15.6 Å². The summed E-state index contributed by atoms with van der Waals surface area (Å²) in [6.07, 6.45) is 4.20. The Bertz CT molecular complexity index is 569. The number of hydrogen-bond donors (Lipinski definition) is 3. The van der Waals surface area contributed by atoms with E-state index in [-0.39, 0.29) is 0 Å². The lowest BCUT2D eigenvalue weighted by Gasteiger charge is -2.11. The molecule has 3 saturated carbocycles. The molecule has 1 amide bonds. The van der Waals surface area contributed by atoms with E-state index in [4.69, 9.17) is 16.2 Å². The molecule has 1 heterocycles. The Kier molecular flexibility index (Phi) is 2.49. The molecular formula is C14H19N3O2S. The molecule has 0 spiro atoms. The lowest BCUT2D eigenvalue weighted by atomic mass is 10.0. The first-order valence-electron chi connectivity index (χ1n) is 7.14. The van der Waals surface area contributed by atoms with E-state index in [0.29, 0.717) is 22.4 Å². The van der Waals surface area contributed by atoms with Crippen LogP contribution in [0, 0.1) is 23.7 Å². The normalized spacial score (nSPS) is 36.8. The highest BCUT2D eigenvalue weighted by molar-refractivity contribution is 7.19. The van der Waals surface area contributed by atoms with E-state index >= 15 is 0 Å². The summed E-state index contributed by atoms with van der Waals surface area (Å²) >= 11 is 1.31. The smallest absolute Gasteiger partial charge is 0.261 e. The molecule has 0 aliphatic heterocycles. The van der Waals surface area contributed by atoms with Crippen molar-refractivity contribution in [3.05, 3.63) is 4.88 Å². The van der Waals surface area contributed by atoms with Crippen molar-refractivity contribution in [3.8, 4) is 5.75 Å². The molecule has 4 rings (SSSR count). The largest absolute Gasteiger partial charge is 0.492 e. The zero-order valence-electron chi connectivity index (χ0n) is 11.4. The molecule has 1 aromatic heterocycles. The molecule has 20 heavy (non-hydrogen) atoms. The second-order valence-corrected chi connectivity index (χ2v) is 7.25. The number of hydrogen-bond acceptors (Lipinski definition) is 5. The van der Waals surface area contributed by atoms with Crippen LogP contribution in [0.5, 0.6) is 5.75 Å². The van der Waals surface area contributed by atoms with E-state index in [1.54, 1.807) is 7.11 Å². The van der Waals surface area contributed by atoms with Crippen LogP contribution in [0.15, 0.2) is 0 Å². The fraction of sp³-hybridized carbons (Fsp3) is 0.643. The van der Waals surface area contributed by atoms with Gasteiger partial charge in [-0.25, -0.2) is 0 Å². The monoisotopic (exact) mass is 293 g/mol. The number of ether oxygens (including phenoxy) is 1. The predicted octanol–water partition coefficient (Wildman–Crippen LogP) is 1.89. The Balaban J connectivity index is 1.58. The number of primary amides is 1. The fourth-order valence-corrected chi connectivity index (χ4v) is 5.57. The SMILES string of the molecule is COc1c(NC2C3C4CCC(C4)C23)sc(C(N)=O)c1N. The van der Waals surface area contributed by atoms with Crippen molar-refractivity contribution < 1.29 is 9.53 Å². The zero-order valence-corrected chi connectivity index (χ0v) is 12.2. The quantitative estimate of drug-likeness (QED) is 0.790. The second-order valence-electron chi connectivity index (χ2n) is 6.23. The Labute approximate surface area is 121 Å². The van der Waals surface area contributed by atoms with Gasteiger partial charge in [0, 0.05) is 6.04 Å². The van der Waals surface area contributed by atoms with Crippen molar-refractivity contribution in [1.29, 1.82) is 0 Å². The van der Waals surface area contributed by atoms with Crippen LogP contribution >= 0.6 is 11.3 Å². The standard InChI is InChI=1S/C14H19N3O2S/c1-19-11-9(15)12(13(16)18)20-14(11)17-10-7-5-2-3-6(4-5)8(7)10/h5-8,10,17H,2-4,15H2,1H3,(H2,16,18). The van der Waals surface area contributed by atoms with Gasteiger partial charge in [-0.05, 0) is 42.9 Å². The Hall–Kier alpha value is -1.43. The maximum absolute atomic E-state index is 11.4. The van der Waals surface area contributed by atoms with Gasteiger partial charge in [0.05, 0.1) is 7.11 Å². The number of thiophene rings is 1. The lowest BCUT2D eigenvalue weighted by molar-refractivity contribution is 0.100. The molecule has 2 bridgehead atoms. The number of rotatable bonds is 4. The molecule has 3 aliphatic rings. The van der Waals surface area contributed by atoms with Crippen molar-refractivity contribution in [1.82, 2.24) is 0 Å². The van der Waals surface area contributed by atoms with Crippen LogP contribution in [-0.4, -0.2) is 19.1 Å². The minimum absolute atomic E-state index is 0.362. The van der Waals surface area contributed by atoms with E-state index in [2.05, 4.69) is 5.32 Å². The molecular weight excluding hydrogens is 274 g/mol. The van der Waals surface area contributed by atoms with E-state index in [0.717, 1.165) is 28.7 Å². The van der Waals surface area contributed by atoms with Gasteiger partial charge in [0.2, 0.25) is 0 Å². The molecule has 1 aromatic rings. The first-order valence-corrected chi connectivity index (χ1v) is 7.96. The van der Waals surface area contributed by atoms with Crippen LogP contribution in [0.25, 0.3) is 0 Å². The van der Waals surface area contributed by atoms with Crippen molar-refractivity contribution in [2.24, 2.45) is 29.4 Å². The lowest BCUT2D eigenvalue weighted by Crippen LogP contribution is -2.12. The Morgan fingerprint density at radius 1 is 1.35 bits per heavy atom. The maximum atomic E-state index is 11.4. The average molecular weight is 293 g/mol. The summed E-state index contributed by atoms with van der Waals surface area (Å²) in [5.74, 6) is 3.52. The molecule has 0 saturated heterocycles. The Morgan fingerprint density at radius 3 is 2.55 bits per heavy atom. The molecule has 5 N–H and O–H groups in total. The van der Waals surface area contributed by atoms with Crippen molar-refractivity contribution in [3.63, 3.8) is 0 Å². The average Bonchev–Trinajstić information content (AvgIpc) is 2.78. The summed E-state index contributed by atoms with van der Waals surface area (Å²) in [5, 5.41) is 4.42. The molecule has 0 aromatic carbocycles. The van der Waals surface area contributed by atoms with Gasteiger partial charge in [-0.3, -0.25) is 4.79 Å². The molecule has 108 valence electrons. The van der Waals surface area contributed by atoms with Crippen LogP contribution in [0.1, 0.15) is 28.9 Å². The van der Waals surface area contributed by atoms with Gasteiger partial charge in [0.25, 0.3) is 5.91 Å². The van der Waals surface area contributed by atoms with Crippen LogP contribution in [0.3, 0.4) is 0 Å². The number of nitrogen functional groups attached to an aromatic ring is 1. The molecule has 6 heteroatoms. The topological polar surface area (TPSA) is 90.4 Å². The summed E-state index contributed by atoms with van der Waals surface area (Å²) in [4.78, 5) is 11.8. The first-order chi connectivity index (χ1) is 9.61. The van der Waals surface area contributed by atoms with E-state index in [1.165, 1.54) is 30.6 Å². The zero-order chi connectivity index (χ0) is 14.0. The van der Waals surface area contributed by atoms with Crippen molar-refractivity contribution in [2.45, 2.75) is 25.3 Å². The minimum atomic E-state index is -0.491. The fourth-order valence-electron chi connectivity index (χ4n) is 4.58. The van der Waals surface area contributed by atoms with E-state index in [9.17, 15) is 4.79 Å². The number of nitrogens with one attached hydrogen (secondary N) is 1. The maximum Gasteiger partial charge on any atom is 0.261 e. The molecule has 3 aliphatic carbocycles. The number of methoxy groups -OCH3 is 1. The van der Waals surface area contributed by atoms with E-state index in [1.807, 2.05) is 0 Å². The van der Waals surface area contributed by atoms with Gasteiger partial charge in [-0.2, -0.15) is 0 Å². The highest BCUT2D eigenvalue weighted by atomic mass is 32.1. The number of anilines is 2. The Morgan fingerprint density at radius 2 is 2.00 bits per heavy atom. The van der Waals surface area contributed by atoms with Gasteiger partial charge >= 0.3 is 0 Å². The highest BCUT2D eigenvalue weighted by Crippen LogP contribution is 2.66. The minimum Gasteiger partial charge on any atom is -0.492 e. The number of carbonyl (C=O) groups is 1. The second kappa shape index (κ2) is 4.04. The third-order valence-corrected chi connectivity index (χ3v) is 6.49. The summed E-state index contributed by atoms with van der Waals surface area (Å²) in [6, 6.07) is 0.536. The number of nitrogens with two attached hydrogens (primary N) is 2. The van der Waals surface area contributed by atoms with Gasteiger partial charge in [-0.1, -0.05) is 0 Å².